The maximum absolute atomic E-state index is 4.87. The van der Waals surface area contributed by atoms with Gasteiger partial charge in [0, 0.05) is 10.9 Å². The largest absolute Gasteiger partial charge is 0.248 e. The van der Waals surface area contributed by atoms with E-state index >= 15 is 0 Å². The number of aromatic nitrogens is 1. The number of hydrogen-bond donors (Lipinski definition) is 0. The van der Waals surface area contributed by atoms with Crippen molar-refractivity contribution in [2.75, 3.05) is 0 Å². The molecule has 3 aromatic rings. The summed E-state index contributed by atoms with van der Waals surface area (Å²) >= 11 is 0. The number of para-hydroxylation sites is 1. The molecule has 0 saturated heterocycles. The van der Waals surface area contributed by atoms with Crippen molar-refractivity contribution in [1.82, 2.24) is 4.98 Å². The number of benzene rings is 2. The summed E-state index contributed by atoms with van der Waals surface area (Å²) in [5.74, 6) is 0.488. The van der Waals surface area contributed by atoms with Gasteiger partial charge in [-0.05, 0) is 49.6 Å². The van der Waals surface area contributed by atoms with E-state index in [4.69, 9.17) is 4.98 Å². The highest BCUT2D eigenvalue weighted by atomic mass is 14.7. The minimum Gasteiger partial charge on any atom is -0.248 e. The van der Waals surface area contributed by atoms with Gasteiger partial charge in [-0.25, -0.2) is 4.98 Å². The fourth-order valence-corrected chi connectivity index (χ4v) is 2.95. The zero-order chi connectivity index (χ0) is 15.0. The highest BCUT2D eigenvalue weighted by molar-refractivity contribution is 5.85. The molecule has 0 spiro atoms. The summed E-state index contributed by atoms with van der Waals surface area (Å²) in [6.45, 7) is 8.77. The van der Waals surface area contributed by atoms with Crippen molar-refractivity contribution in [3.63, 3.8) is 0 Å². The van der Waals surface area contributed by atoms with Crippen molar-refractivity contribution in [2.24, 2.45) is 0 Å². The fraction of sp³-hybridized carbons (Fsp3) is 0.250. The topological polar surface area (TPSA) is 12.9 Å². The average molecular weight is 275 g/mol. The van der Waals surface area contributed by atoms with Crippen LogP contribution in [0.1, 0.15) is 36.5 Å². The van der Waals surface area contributed by atoms with E-state index in [0.29, 0.717) is 5.92 Å². The molecule has 0 bridgehead atoms. The Balaban J connectivity index is 2.28. The Hall–Kier alpha value is -2.15. The second kappa shape index (κ2) is 5.33. The molecule has 0 aliphatic rings. The molecule has 0 N–H and O–H groups in total. The van der Waals surface area contributed by atoms with Crippen molar-refractivity contribution >= 4 is 10.9 Å². The number of nitrogens with zero attached hydrogens (tertiary/aromatic N) is 1. The Morgan fingerprint density at radius 2 is 1.52 bits per heavy atom. The van der Waals surface area contributed by atoms with Crippen LogP contribution in [0.4, 0.5) is 0 Å². The van der Waals surface area contributed by atoms with E-state index in [1.165, 1.54) is 27.6 Å². The number of aryl methyl sites for hydroxylation is 2. The zero-order valence-corrected chi connectivity index (χ0v) is 13.1. The summed E-state index contributed by atoms with van der Waals surface area (Å²) in [4.78, 5) is 4.87. The predicted molar refractivity (Wildman–Crippen MR) is 90.7 cm³/mol. The fourth-order valence-electron chi connectivity index (χ4n) is 2.95. The Morgan fingerprint density at radius 1 is 0.857 bits per heavy atom. The molecule has 1 aromatic heterocycles. The highest BCUT2D eigenvalue weighted by Gasteiger charge is 2.10. The third-order valence-corrected chi connectivity index (χ3v) is 3.89. The zero-order valence-electron chi connectivity index (χ0n) is 13.1. The monoisotopic (exact) mass is 275 g/mol. The molecule has 0 aliphatic carbocycles. The van der Waals surface area contributed by atoms with Gasteiger partial charge in [0.25, 0.3) is 0 Å². The van der Waals surface area contributed by atoms with E-state index in [1.54, 1.807) is 0 Å². The van der Waals surface area contributed by atoms with E-state index < -0.39 is 0 Å². The Kier molecular flexibility index (Phi) is 3.50. The van der Waals surface area contributed by atoms with Crippen LogP contribution in [0.5, 0.6) is 0 Å². The lowest BCUT2D eigenvalue weighted by atomic mass is 9.95. The molecule has 0 unspecified atom stereocenters. The van der Waals surface area contributed by atoms with Crippen LogP contribution < -0.4 is 0 Å². The maximum atomic E-state index is 4.87. The molecule has 0 aliphatic heterocycles. The Morgan fingerprint density at radius 3 is 2.19 bits per heavy atom. The van der Waals surface area contributed by atoms with Crippen LogP contribution in [0.25, 0.3) is 22.2 Å². The lowest BCUT2D eigenvalue weighted by molar-refractivity contribution is 0.875. The van der Waals surface area contributed by atoms with E-state index in [2.05, 4.69) is 76.2 Å². The summed E-state index contributed by atoms with van der Waals surface area (Å²) in [7, 11) is 0. The molecule has 1 heteroatoms. The third kappa shape index (κ3) is 2.69. The van der Waals surface area contributed by atoms with Gasteiger partial charge in [0.05, 0.1) is 11.2 Å². The Labute approximate surface area is 126 Å². The third-order valence-electron chi connectivity index (χ3n) is 3.89. The van der Waals surface area contributed by atoms with Crippen LogP contribution in [0, 0.1) is 13.8 Å². The molecular formula is C20H21N. The van der Waals surface area contributed by atoms with E-state index in [0.717, 1.165) is 11.2 Å². The van der Waals surface area contributed by atoms with Crippen molar-refractivity contribution in [3.05, 3.63) is 65.2 Å². The van der Waals surface area contributed by atoms with Crippen LogP contribution in [0.15, 0.2) is 48.5 Å². The number of pyridine rings is 1. The predicted octanol–water partition coefficient (Wildman–Crippen LogP) is 5.64. The first-order valence-electron chi connectivity index (χ1n) is 7.53. The lowest BCUT2D eigenvalue weighted by Gasteiger charge is -2.13. The van der Waals surface area contributed by atoms with Gasteiger partial charge >= 0.3 is 0 Å². The van der Waals surface area contributed by atoms with Gasteiger partial charge in [-0.1, -0.05) is 49.2 Å². The molecule has 1 heterocycles. The van der Waals surface area contributed by atoms with Gasteiger partial charge in [0.2, 0.25) is 0 Å². The van der Waals surface area contributed by atoms with Gasteiger partial charge in [-0.3, -0.25) is 0 Å². The molecule has 106 valence electrons. The van der Waals surface area contributed by atoms with Crippen LogP contribution in [-0.4, -0.2) is 4.98 Å². The van der Waals surface area contributed by atoms with Crippen LogP contribution in [0.3, 0.4) is 0 Å². The standard InChI is InChI=1S/C20H21N/c1-13(2)18-12-20(16-10-14(3)9-15(4)11-16)21-19-8-6-5-7-17(18)19/h5-13H,1-4H3. The van der Waals surface area contributed by atoms with E-state index in [1.807, 2.05) is 0 Å². The average Bonchev–Trinajstić information content (AvgIpc) is 2.45. The van der Waals surface area contributed by atoms with E-state index in [-0.39, 0.29) is 0 Å². The second-order valence-electron chi connectivity index (χ2n) is 6.14. The Bertz CT molecular complexity index is 780. The summed E-state index contributed by atoms with van der Waals surface area (Å²) in [5.41, 5.74) is 7.30. The van der Waals surface area contributed by atoms with Gasteiger partial charge < -0.3 is 0 Å². The molecule has 1 nitrogen and oxygen atoms in total. The van der Waals surface area contributed by atoms with Gasteiger partial charge in [-0.2, -0.15) is 0 Å². The maximum Gasteiger partial charge on any atom is 0.0712 e. The van der Waals surface area contributed by atoms with Crippen molar-refractivity contribution in [3.8, 4) is 11.3 Å². The SMILES string of the molecule is Cc1cc(C)cc(-c2cc(C(C)C)c3ccccc3n2)c1. The van der Waals surface area contributed by atoms with Crippen LogP contribution in [0.2, 0.25) is 0 Å². The normalized spacial score (nSPS) is 11.3. The molecular weight excluding hydrogens is 254 g/mol. The van der Waals surface area contributed by atoms with Crippen LogP contribution in [-0.2, 0) is 0 Å². The molecule has 3 rings (SSSR count). The molecule has 0 saturated carbocycles. The number of fused-ring (bicyclic) bond motifs is 1. The number of rotatable bonds is 2. The van der Waals surface area contributed by atoms with Crippen molar-refractivity contribution < 1.29 is 0 Å². The summed E-state index contributed by atoms with van der Waals surface area (Å²) in [6.07, 6.45) is 0. The first kappa shape index (κ1) is 13.8. The molecule has 0 atom stereocenters. The highest BCUT2D eigenvalue weighted by Crippen LogP contribution is 2.30. The quantitative estimate of drug-likeness (QED) is 0.589. The molecule has 0 radical (unpaired) electrons. The first-order valence-corrected chi connectivity index (χ1v) is 7.53. The molecule has 0 amide bonds. The van der Waals surface area contributed by atoms with E-state index in [9.17, 15) is 0 Å². The first-order chi connectivity index (χ1) is 10.0. The smallest absolute Gasteiger partial charge is 0.0712 e. The van der Waals surface area contributed by atoms with Crippen molar-refractivity contribution in [1.29, 1.82) is 0 Å². The minimum absolute atomic E-state index is 0.488. The minimum atomic E-state index is 0.488. The van der Waals surface area contributed by atoms with Gasteiger partial charge in [0.1, 0.15) is 0 Å². The molecule has 0 fully saturated rings. The number of hydrogen-bond acceptors (Lipinski definition) is 1. The van der Waals surface area contributed by atoms with Gasteiger partial charge in [-0.15, -0.1) is 0 Å². The van der Waals surface area contributed by atoms with Gasteiger partial charge in [0.15, 0.2) is 0 Å². The summed E-state index contributed by atoms with van der Waals surface area (Å²) in [5, 5.41) is 1.26. The summed E-state index contributed by atoms with van der Waals surface area (Å²) in [6, 6.07) is 17.3. The molecule has 21 heavy (non-hydrogen) atoms. The lowest BCUT2D eigenvalue weighted by Crippen LogP contribution is -1.95. The summed E-state index contributed by atoms with van der Waals surface area (Å²) < 4.78 is 0. The van der Waals surface area contributed by atoms with Crippen molar-refractivity contribution in [2.45, 2.75) is 33.6 Å². The second-order valence-corrected chi connectivity index (χ2v) is 6.14. The van der Waals surface area contributed by atoms with Crippen LogP contribution >= 0.6 is 0 Å². The molecule has 2 aromatic carbocycles.